The summed E-state index contributed by atoms with van der Waals surface area (Å²) in [4.78, 5) is 23.9. The predicted molar refractivity (Wildman–Crippen MR) is 114 cm³/mol. The summed E-state index contributed by atoms with van der Waals surface area (Å²) >= 11 is 5.26. The van der Waals surface area contributed by atoms with E-state index < -0.39 is 5.91 Å². The summed E-state index contributed by atoms with van der Waals surface area (Å²) in [6.45, 7) is 2.02. The van der Waals surface area contributed by atoms with E-state index in [1.165, 1.54) is 6.21 Å². The number of hydrogen-bond acceptors (Lipinski definition) is 5. The Balaban J connectivity index is 1.90. The van der Waals surface area contributed by atoms with Crippen LogP contribution in [0.3, 0.4) is 0 Å². The van der Waals surface area contributed by atoms with Gasteiger partial charge in [-0.1, -0.05) is 12.1 Å². The second-order valence-electron chi connectivity index (χ2n) is 5.24. The van der Waals surface area contributed by atoms with Gasteiger partial charge in [-0.2, -0.15) is 5.10 Å². The topological polar surface area (TPSA) is 100 Å². The molecule has 0 spiro atoms. The molecule has 2 aromatic carbocycles. The van der Waals surface area contributed by atoms with E-state index in [2.05, 4.69) is 31.8 Å². The van der Waals surface area contributed by atoms with E-state index in [-0.39, 0.29) is 18.2 Å². The van der Waals surface area contributed by atoms with Crippen LogP contribution in [0, 0.1) is 3.57 Å². The second kappa shape index (κ2) is 10.3. The maximum Gasteiger partial charge on any atom is 0.259 e. The van der Waals surface area contributed by atoms with Crippen LogP contribution in [-0.4, -0.2) is 36.3 Å². The standard InChI is InChI=1S/C18H17BrIN3O4/c1-2-27-15-8-11(7-14(20)17(15)25)9-22-23-16(24)10-21-18(26)12-5-3-4-6-13(12)19/h3-9,25H,2,10H2,1H3,(H,21,26)(H,23,24)/b22-9-. The number of ether oxygens (including phenoxy) is 1. The van der Waals surface area contributed by atoms with Crippen LogP contribution in [-0.2, 0) is 4.79 Å². The number of amides is 2. The molecule has 2 aromatic rings. The minimum atomic E-state index is -0.467. The Hall–Kier alpha value is -2.14. The zero-order valence-corrected chi connectivity index (χ0v) is 18.1. The van der Waals surface area contributed by atoms with E-state index >= 15 is 0 Å². The molecular formula is C18H17BrIN3O4. The maximum absolute atomic E-state index is 12.0. The number of aromatic hydroxyl groups is 1. The number of carbonyl (C=O) groups excluding carboxylic acids is 2. The van der Waals surface area contributed by atoms with Crippen molar-refractivity contribution in [1.29, 1.82) is 0 Å². The van der Waals surface area contributed by atoms with Crippen LogP contribution in [0.15, 0.2) is 46.0 Å². The number of benzene rings is 2. The highest BCUT2D eigenvalue weighted by Gasteiger charge is 2.11. The Morgan fingerprint density at radius 1 is 1.33 bits per heavy atom. The van der Waals surface area contributed by atoms with E-state index in [0.29, 0.717) is 31.5 Å². The first-order valence-electron chi connectivity index (χ1n) is 7.92. The number of hydrazone groups is 1. The first-order chi connectivity index (χ1) is 12.9. The number of nitrogens with zero attached hydrogens (tertiary/aromatic N) is 1. The fourth-order valence-corrected chi connectivity index (χ4v) is 3.14. The molecule has 2 amide bonds. The minimum absolute atomic E-state index is 0.0634. The fourth-order valence-electron chi connectivity index (χ4n) is 2.05. The lowest BCUT2D eigenvalue weighted by molar-refractivity contribution is -0.120. The van der Waals surface area contributed by atoms with Gasteiger partial charge >= 0.3 is 0 Å². The smallest absolute Gasteiger partial charge is 0.259 e. The first kappa shape index (κ1) is 21.2. The molecule has 0 radical (unpaired) electrons. The SMILES string of the molecule is CCOc1cc(/C=N\NC(=O)CNC(=O)c2ccccc2Br)cc(I)c1O. The molecule has 0 aliphatic carbocycles. The van der Waals surface area contributed by atoms with Gasteiger partial charge in [0.1, 0.15) is 0 Å². The number of halogens is 2. The molecule has 0 saturated heterocycles. The number of rotatable bonds is 7. The number of phenols is 1. The molecule has 142 valence electrons. The molecule has 0 aliphatic heterocycles. The Labute approximate surface area is 178 Å². The number of hydrogen-bond donors (Lipinski definition) is 3. The molecule has 7 nitrogen and oxygen atoms in total. The van der Waals surface area contributed by atoms with E-state index in [1.54, 1.807) is 36.4 Å². The van der Waals surface area contributed by atoms with Crippen molar-refractivity contribution < 1.29 is 19.4 Å². The van der Waals surface area contributed by atoms with Crippen molar-refractivity contribution in [2.75, 3.05) is 13.2 Å². The normalized spacial score (nSPS) is 10.6. The van der Waals surface area contributed by atoms with Crippen molar-refractivity contribution in [3.63, 3.8) is 0 Å². The molecular weight excluding hydrogens is 529 g/mol. The van der Waals surface area contributed by atoms with Crippen LogP contribution in [0.5, 0.6) is 11.5 Å². The average Bonchev–Trinajstić information content (AvgIpc) is 2.64. The lowest BCUT2D eigenvalue weighted by atomic mass is 10.2. The Morgan fingerprint density at radius 3 is 2.78 bits per heavy atom. The molecule has 0 aliphatic rings. The van der Waals surface area contributed by atoms with Gasteiger partial charge in [0.15, 0.2) is 11.5 Å². The number of carbonyl (C=O) groups is 2. The minimum Gasteiger partial charge on any atom is -0.504 e. The summed E-state index contributed by atoms with van der Waals surface area (Å²) in [5.41, 5.74) is 3.43. The van der Waals surface area contributed by atoms with Crippen molar-refractivity contribution in [2.45, 2.75) is 6.92 Å². The zero-order chi connectivity index (χ0) is 19.8. The summed E-state index contributed by atoms with van der Waals surface area (Å²) in [6.07, 6.45) is 1.43. The van der Waals surface area contributed by atoms with Gasteiger partial charge in [-0.3, -0.25) is 9.59 Å². The summed E-state index contributed by atoms with van der Waals surface area (Å²) in [5, 5.41) is 16.3. The van der Waals surface area contributed by atoms with Crippen LogP contribution in [0.25, 0.3) is 0 Å². The van der Waals surface area contributed by atoms with Gasteiger partial charge in [0, 0.05) is 4.47 Å². The van der Waals surface area contributed by atoms with Crippen LogP contribution < -0.4 is 15.5 Å². The molecule has 0 fully saturated rings. The fraction of sp³-hybridized carbons (Fsp3) is 0.167. The Kier molecular flexibility index (Phi) is 8.04. The number of nitrogens with one attached hydrogen (secondary N) is 2. The number of phenolic OH excluding ortho intramolecular Hbond substituents is 1. The zero-order valence-electron chi connectivity index (χ0n) is 14.3. The molecule has 0 atom stereocenters. The summed E-state index contributed by atoms with van der Waals surface area (Å²) < 4.78 is 6.60. The third-order valence-electron chi connectivity index (χ3n) is 3.28. The van der Waals surface area contributed by atoms with Crippen LogP contribution in [0.4, 0.5) is 0 Å². The summed E-state index contributed by atoms with van der Waals surface area (Å²) in [5.74, 6) is -0.424. The highest BCUT2D eigenvalue weighted by atomic mass is 127. The Bertz CT molecular complexity index is 874. The monoisotopic (exact) mass is 545 g/mol. The van der Waals surface area contributed by atoms with Crippen molar-refractivity contribution in [2.24, 2.45) is 5.10 Å². The molecule has 0 bridgehead atoms. The molecule has 9 heteroatoms. The van der Waals surface area contributed by atoms with Gasteiger partial charge in [0.25, 0.3) is 11.8 Å². The van der Waals surface area contributed by atoms with Gasteiger partial charge < -0.3 is 15.2 Å². The Morgan fingerprint density at radius 2 is 2.07 bits per heavy atom. The maximum atomic E-state index is 12.0. The molecule has 2 rings (SSSR count). The van der Waals surface area contributed by atoms with Crippen molar-refractivity contribution >= 4 is 56.5 Å². The quantitative estimate of drug-likeness (QED) is 0.283. The predicted octanol–water partition coefficient (Wildman–Crippen LogP) is 3.04. The van der Waals surface area contributed by atoms with Crippen molar-refractivity contribution in [3.8, 4) is 11.5 Å². The third kappa shape index (κ3) is 6.21. The lowest BCUT2D eigenvalue weighted by Gasteiger charge is -2.08. The van der Waals surface area contributed by atoms with Gasteiger partial charge in [0.05, 0.1) is 28.5 Å². The highest BCUT2D eigenvalue weighted by Crippen LogP contribution is 2.32. The highest BCUT2D eigenvalue weighted by molar-refractivity contribution is 14.1. The average molecular weight is 546 g/mol. The van der Waals surface area contributed by atoms with Gasteiger partial charge in [-0.05, 0) is 75.3 Å². The van der Waals surface area contributed by atoms with Crippen molar-refractivity contribution in [3.05, 3.63) is 55.6 Å². The molecule has 0 unspecified atom stereocenters. The lowest BCUT2D eigenvalue weighted by Crippen LogP contribution is -2.35. The van der Waals surface area contributed by atoms with E-state index in [9.17, 15) is 14.7 Å². The largest absolute Gasteiger partial charge is 0.504 e. The van der Waals surface area contributed by atoms with Crippen molar-refractivity contribution in [1.82, 2.24) is 10.7 Å². The third-order valence-corrected chi connectivity index (χ3v) is 4.80. The van der Waals surface area contributed by atoms with Crippen LogP contribution in [0.1, 0.15) is 22.8 Å². The molecule has 0 saturated carbocycles. The molecule has 0 aromatic heterocycles. The molecule has 3 N–H and O–H groups in total. The van der Waals surface area contributed by atoms with E-state index in [0.717, 1.165) is 0 Å². The molecule has 0 heterocycles. The molecule has 27 heavy (non-hydrogen) atoms. The van der Waals surface area contributed by atoms with E-state index in [4.69, 9.17) is 4.74 Å². The first-order valence-corrected chi connectivity index (χ1v) is 9.79. The summed E-state index contributed by atoms with van der Waals surface area (Å²) in [7, 11) is 0. The van der Waals surface area contributed by atoms with Crippen LogP contribution in [0.2, 0.25) is 0 Å². The summed E-state index contributed by atoms with van der Waals surface area (Å²) in [6, 6.07) is 10.2. The van der Waals surface area contributed by atoms with Gasteiger partial charge in [-0.25, -0.2) is 5.43 Å². The van der Waals surface area contributed by atoms with Crippen LogP contribution >= 0.6 is 38.5 Å². The van der Waals surface area contributed by atoms with Gasteiger partial charge in [0.2, 0.25) is 0 Å². The van der Waals surface area contributed by atoms with Gasteiger partial charge in [-0.15, -0.1) is 0 Å². The van der Waals surface area contributed by atoms with E-state index in [1.807, 2.05) is 29.5 Å². The second-order valence-corrected chi connectivity index (χ2v) is 7.25.